The van der Waals surface area contributed by atoms with E-state index in [0.717, 1.165) is 42.9 Å². The first kappa shape index (κ1) is 28.9. The third-order valence-electron chi connectivity index (χ3n) is 9.69. The van der Waals surface area contributed by atoms with E-state index in [1.807, 2.05) is 0 Å². The number of anilines is 2. The zero-order valence-corrected chi connectivity index (χ0v) is 25.5. The average molecular weight is 580 g/mol. The van der Waals surface area contributed by atoms with Crippen molar-refractivity contribution in [2.45, 2.75) is 63.7 Å². The second-order valence-corrected chi connectivity index (χ2v) is 12.5. The van der Waals surface area contributed by atoms with E-state index < -0.39 is 0 Å². The van der Waals surface area contributed by atoms with Gasteiger partial charge in [-0.05, 0) is 57.7 Å². The van der Waals surface area contributed by atoms with Crippen LogP contribution in [0.3, 0.4) is 0 Å². The Hall–Kier alpha value is -4.16. The van der Waals surface area contributed by atoms with Crippen LogP contribution in [-0.4, -0.2) is 83.1 Å². The van der Waals surface area contributed by atoms with Crippen molar-refractivity contribution in [2.24, 2.45) is 0 Å². The Morgan fingerprint density at radius 1 is 1.12 bits per heavy atom. The number of likely N-dealkylation sites (N-methyl/N-ethyl adjacent to an activating group) is 1. The van der Waals surface area contributed by atoms with Gasteiger partial charge in [-0.2, -0.15) is 15.2 Å². The first-order chi connectivity index (χ1) is 20.8. The lowest BCUT2D eigenvalue weighted by Crippen LogP contribution is -2.55. The highest BCUT2D eigenvalue weighted by Gasteiger charge is 2.37. The van der Waals surface area contributed by atoms with Crippen LogP contribution in [0.2, 0.25) is 0 Å². The van der Waals surface area contributed by atoms with Gasteiger partial charge in [-0.1, -0.05) is 43.0 Å². The fraction of sp³-hybridized carbons (Fsp3) is 0.471. The summed E-state index contributed by atoms with van der Waals surface area (Å²) in [5.41, 5.74) is 3.45. The first-order valence-corrected chi connectivity index (χ1v) is 15.3. The molecule has 2 saturated heterocycles. The van der Waals surface area contributed by atoms with Crippen molar-refractivity contribution < 1.29 is 9.53 Å². The van der Waals surface area contributed by atoms with E-state index in [1.165, 1.54) is 22.5 Å². The van der Waals surface area contributed by atoms with Gasteiger partial charge in [0.25, 0.3) is 0 Å². The zero-order valence-electron chi connectivity index (χ0n) is 25.5. The molecule has 224 valence electrons. The molecule has 1 unspecified atom stereocenters. The number of likely N-dealkylation sites (tertiary alicyclic amines) is 1. The van der Waals surface area contributed by atoms with Gasteiger partial charge in [0.15, 0.2) is 0 Å². The monoisotopic (exact) mass is 579 g/mol. The van der Waals surface area contributed by atoms with Crippen LogP contribution in [0.15, 0.2) is 55.1 Å². The van der Waals surface area contributed by atoms with Crippen LogP contribution in [0.25, 0.3) is 10.8 Å². The Balaban J connectivity index is 1.32. The second-order valence-electron chi connectivity index (χ2n) is 12.5. The van der Waals surface area contributed by atoms with Gasteiger partial charge in [0.05, 0.1) is 30.8 Å². The van der Waals surface area contributed by atoms with Crippen molar-refractivity contribution in [3.63, 3.8) is 0 Å². The predicted octanol–water partition coefficient (Wildman–Crippen LogP) is 4.56. The summed E-state index contributed by atoms with van der Waals surface area (Å²) in [4.78, 5) is 31.4. The van der Waals surface area contributed by atoms with E-state index in [1.54, 1.807) is 4.90 Å². The lowest BCUT2D eigenvalue weighted by molar-refractivity contribution is -0.128. The summed E-state index contributed by atoms with van der Waals surface area (Å²) in [6, 6.07) is 17.7. The number of fused-ring (bicyclic) bond motifs is 2. The van der Waals surface area contributed by atoms with Gasteiger partial charge >= 0.3 is 6.01 Å². The molecule has 1 amide bonds. The van der Waals surface area contributed by atoms with Gasteiger partial charge in [-0.15, -0.1) is 0 Å². The molecule has 4 heterocycles. The molecule has 3 aliphatic rings. The number of nitrogens with zero attached hydrogens (tertiary/aromatic N) is 7. The van der Waals surface area contributed by atoms with Crippen molar-refractivity contribution >= 4 is 28.2 Å². The van der Waals surface area contributed by atoms with Crippen LogP contribution in [0, 0.1) is 11.3 Å². The minimum absolute atomic E-state index is 0.136. The number of amides is 1. The summed E-state index contributed by atoms with van der Waals surface area (Å²) in [6.07, 6.45) is 4.59. The highest BCUT2D eigenvalue weighted by atomic mass is 16.5. The minimum Gasteiger partial charge on any atom is -0.462 e. The van der Waals surface area contributed by atoms with Gasteiger partial charge in [0.2, 0.25) is 5.91 Å². The second kappa shape index (κ2) is 11.8. The normalized spacial score (nSPS) is 21.9. The zero-order chi connectivity index (χ0) is 30.1. The Kier molecular flexibility index (Phi) is 7.97. The number of hydrogen-bond donors (Lipinski definition) is 0. The number of nitriles is 1. The fourth-order valence-electron chi connectivity index (χ4n) is 6.89. The molecular formula is C34H41N7O2. The van der Waals surface area contributed by atoms with Crippen LogP contribution in [0.4, 0.5) is 11.5 Å². The van der Waals surface area contributed by atoms with Crippen LogP contribution in [-0.2, 0) is 17.8 Å². The lowest BCUT2D eigenvalue weighted by atomic mass is 10.0. The molecule has 0 spiro atoms. The number of ether oxygens (including phenoxy) is 1. The maximum absolute atomic E-state index is 12.6. The molecule has 43 heavy (non-hydrogen) atoms. The molecule has 3 aromatic rings. The molecule has 0 N–H and O–H groups in total. The molecule has 0 radical (unpaired) electrons. The molecule has 6 rings (SSSR count). The van der Waals surface area contributed by atoms with Crippen molar-refractivity contribution in [1.82, 2.24) is 19.8 Å². The molecule has 9 heteroatoms. The number of rotatable bonds is 7. The lowest BCUT2D eigenvalue weighted by Gasteiger charge is -2.42. The molecule has 0 saturated carbocycles. The Labute approximate surface area is 254 Å². The SMILES string of the molecule is C=CC(=O)N1CCN(c2nc(OC[C@@H]3CCC(C)(C)N3C)nc3c2CCN(c2cccc4ccccc24)C3)CC1CC#N. The number of benzene rings is 2. The summed E-state index contributed by atoms with van der Waals surface area (Å²) < 4.78 is 6.37. The van der Waals surface area contributed by atoms with Gasteiger partial charge in [-0.3, -0.25) is 9.69 Å². The van der Waals surface area contributed by atoms with Crippen LogP contribution < -0.4 is 14.5 Å². The van der Waals surface area contributed by atoms with Crippen LogP contribution in [0.5, 0.6) is 6.01 Å². The minimum atomic E-state index is -0.232. The summed E-state index contributed by atoms with van der Waals surface area (Å²) >= 11 is 0. The maximum atomic E-state index is 12.6. The van der Waals surface area contributed by atoms with E-state index in [0.29, 0.717) is 44.8 Å². The molecule has 0 bridgehead atoms. The average Bonchev–Trinajstić information content (AvgIpc) is 3.29. The molecule has 3 aliphatic heterocycles. The quantitative estimate of drug-likeness (QED) is 0.377. The molecule has 9 nitrogen and oxygen atoms in total. The predicted molar refractivity (Wildman–Crippen MR) is 169 cm³/mol. The van der Waals surface area contributed by atoms with Gasteiger partial charge < -0.3 is 19.4 Å². The molecule has 2 fully saturated rings. The van der Waals surface area contributed by atoms with Crippen molar-refractivity contribution in [2.75, 3.05) is 49.6 Å². The van der Waals surface area contributed by atoms with Crippen molar-refractivity contribution in [3.05, 3.63) is 66.4 Å². The van der Waals surface area contributed by atoms with Crippen molar-refractivity contribution in [1.29, 1.82) is 5.26 Å². The van der Waals surface area contributed by atoms with Gasteiger partial charge in [0, 0.05) is 54.4 Å². The third kappa shape index (κ3) is 5.64. The first-order valence-electron chi connectivity index (χ1n) is 15.3. The fourth-order valence-corrected chi connectivity index (χ4v) is 6.89. The highest BCUT2D eigenvalue weighted by molar-refractivity contribution is 5.94. The standard InChI is InChI=1S/C34H41N7O2/c1-5-31(42)41-20-19-40(21-25(41)14-17-35)32-28-15-18-39(30-12-8-10-24-9-6-7-11-27(24)30)22-29(28)36-33(37-32)43-23-26-13-16-34(2,3)38(26)4/h5-12,25-26H,1,13-16,18-23H2,2-4H3/t25?,26-/m0/s1. The smallest absolute Gasteiger partial charge is 0.318 e. The number of carbonyl (C=O) groups is 1. The highest BCUT2D eigenvalue weighted by Crippen LogP contribution is 2.36. The summed E-state index contributed by atoms with van der Waals surface area (Å²) in [7, 11) is 2.17. The third-order valence-corrected chi connectivity index (χ3v) is 9.69. The molecule has 2 aromatic carbocycles. The van der Waals surface area contributed by atoms with Crippen molar-refractivity contribution in [3.8, 4) is 12.1 Å². The van der Waals surface area contributed by atoms with E-state index >= 15 is 0 Å². The van der Waals surface area contributed by atoms with Gasteiger partial charge in [-0.25, -0.2) is 0 Å². The molecular weight excluding hydrogens is 538 g/mol. The Bertz CT molecular complexity index is 1560. The summed E-state index contributed by atoms with van der Waals surface area (Å²) in [5.74, 6) is 0.731. The van der Waals surface area contributed by atoms with Crippen LogP contribution in [0.1, 0.15) is 44.4 Å². The number of piperazine rings is 1. The summed E-state index contributed by atoms with van der Waals surface area (Å²) in [5, 5.41) is 12.0. The number of aromatic nitrogens is 2. The Morgan fingerprint density at radius 3 is 2.70 bits per heavy atom. The van der Waals surface area contributed by atoms with E-state index in [2.05, 4.69) is 90.7 Å². The molecule has 2 atom stereocenters. The topological polar surface area (TPSA) is 88.8 Å². The molecule has 0 aliphatic carbocycles. The summed E-state index contributed by atoms with van der Waals surface area (Å²) in [6.45, 7) is 11.9. The largest absolute Gasteiger partial charge is 0.462 e. The van der Waals surface area contributed by atoms with Crippen LogP contribution >= 0.6 is 0 Å². The Morgan fingerprint density at radius 2 is 1.93 bits per heavy atom. The van der Waals surface area contributed by atoms with E-state index in [9.17, 15) is 10.1 Å². The van der Waals surface area contributed by atoms with E-state index in [4.69, 9.17) is 14.7 Å². The number of hydrogen-bond acceptors (Lipinski definition) is 8. The van der Waals surface area contributed by atoms with E-state index in [-0.39, 0.29) is 23.9 Å². The number of carbonyl (C=O) groups excluding carboxylic acids is 1. The van der Waals surface area contributed by atoms with Gasteiger partial charge in [0.1, 0.15) is 12.4 Å². The maximum Gasteiger partial charge on any atom is 0.318 e. The molecule has 1 aromatic heterocycles.